The Hall–Kier alpha value is -0.422. The monoisotopic (exact) mass is 198 g/mol. The third-order valence-electron chi connectivity index (χ3n) is 1.35. The fourth-order valence-corrected chi connectivity index (χ4v) is 2.40. The van der Waals surface area contributed by atoms with E-state index >= 15 is 0 Å². The Morgan fingerprint density at radius 3 is 2.40 bits per heavy atom. The van der Waals surface area contributed by atoms with E-state index in [0.717, 1.165) is 0 Å². The van der Waals surface area contributed by atoms with Crippen LogP contribution in [-0.2, 0) is 0 Å². The summed E-state index contributed by atoms with van der Waals surface area (Å²) in [5.74, 6) is 0.389. The van der Waals surface area contributed by atoms with Crippen molar-refractivity contribution in [2.45, 2.75) is 11.4 Å². The van der Waals surface area contributed by atoms with Gasteiger partial charge in [-0.2, -0.15) is 0 Å². The molecule has 0 saturated carbocycles. The molecule has 54 valence electrons. The molecule has 0 aliphatic rings. The molecule has 10 heavy (non-hydrogen) atoms. The van der Waals surface area contributed by atoms with E-state index in [-0.39, 0.29) is 0 Å². The third-order valence-corrected chi connectivity index (χ3v) is 4.10. The SMILES string of the molecule is C[As](C)c1cccc(O)c1. The Balaban J connectivity index is 2.96. The zero-order valence-corrected chi connectivity index (χ0v) is 8.08. The van der Waals surface area contributed by atoms with Crippen molar-refractivity contribution in [3.05, 3.63) is 24.3 Å². The van der Waals surface area contributed by atoms with Crippen LogP contribution < -0.4 is 4.35 Å². The molecule has 1 rings (SSSR count). The van der Waals surface area contributed by atoms with E-state index < -0.39 is 14.7 Å². The van der Waals surface area contributed by atoms with Gasteiger partial charge in [-0.05, 0) is 0 Å². The van der Waals surface area contributed by atoms with Crippen LogP contribution in [-0.4, -0.2) is 19.8 Å². The predicted octanol–water partition coefficient (Wildman–Crippen LogP) is 1.35. The fourth-order valence-electron chi connectivity index (χ4n) is 0.771. The van der Waals surface area contributed by atoms with Crippen LogP contribution in [0.5, 0.6) is 5.75 Å². The summed E-state index contributed by atoms with van der Waals surface area (Å²) in [6.45, 7) is 0. The summed E-state index contributed by atoms with van der Waals surface area (Å²) < 4.78 is 1.33. The van der Waals surface area contributed by atoms with E-state index in [1.807, 2.05) is 12.1 Å². The molecule has 1 aromatic rings. The molecule has 1 aromatic carbocycles. The van der Waals surface area contributed by atoms with E-state index in [9.17, 15) is 0 Å². The van der Waals surface area contributed by atoms with E-state index in [1.165, 1.54) is 4.35 Å². The number of hydrogen-bond donors (Lipinski definition) is 1. The van der Waals surface area contributed by atoms with Gasteiger partial charge in [0, 0.05) is 0 Å². The molecule has 0 atom stereocenters. The summed E-state index contributed by atoms with van der Waals surface area (Å²) in [6, 6.07) is 7.56. The van der Waals surface area contributed by atoms with Gasteiger partial charge in [-0.15, -0.1) is 0 Å². The van der Waals surface area contributed by atoms with Crippen molar-refractivity contribution in [2.24, 2.45) is 0 Å². The van der Waals surface area contributed by atoms with Gasteiger partial charge in [0.2, 0.25) is 0 Å². The van der Waals surface area contributed by atoms with Gasteiger partial charge in [0.25, 0.3) is 0 Å². The van der Waals surface area contributed by atoms with E-state index in [1.54, 1.807) is 6.07 Å². The molecule has 1 nitrogen and oxygen atoms in total. The van der Waals surface area contributed by atoms with Crippen molar-refractivity contribution in [2.75, 3.05) is 0 Å². The molecule has 0 unspecified atom stereocenters. The second kappa shape index (κ2) is 3.11. The second-order valence-corrected chi connectivity index (χ2v) is 7.25. The Kier molecular flexibility index (Phi) is 2.39. The molecule has 0 aliphatic carbocycles. The van der Waals surface area contributed by atoms with Crippen molar-refractivity contribution in [3.63, 3.8) is 0 Å². The molecule has 0 aromatic heterocycles. The van der Waals surface area contributed by atoms with Crippen LogP contribution in [0.2, 0.25) is 11.4 Å². The fraction of sp³-hybridized carbons (Fsp3) is 0.250. The maximum atomic E-state index is 9.09. The molecule has 0 heterocycles. The number of aromatic hydroxyl groups is 1. The van der Waals surface area contributed by atoms with Crippen LogP contribution in [0.3, 0.4) is 0 Å². The molecule has 2 heteroatoms. The van der Waals surface area contributed by atoms with Crippen molar-refractivity contribution in [1.82, 2.24) is 0 Å². The number of rotatable bonds is 1. The Morgan fingerprint density at radius 2 is 2.00 bits per heavy atom. The molecular weight excluding hydrogens is 187 g/mol. The van der Waals surface area contributed by atoms with Gasteiger partial charge >= 0.3 is 65.5 Å². The molecule has 0 radical (unpaired) electrons. The predicted molar refractivity (Wildman–Crippen MR) is 45.2 cm³/mol. The maximum absolute atomic E-state index is 9.09. The summed E-state index contributed by atoms with van der Waals surface area (Å²) in [5.41, 5.74) is 4.50. The molecular formula is C8H11AsO. The Labute approximate surface area is 66.0 Å². The third kappa shape index (κ3) is 1.78. The first-order valence-electron chi connectivity index (χ1n) is 3.16. The Morgan fingerprint density at radius 1 is 1.30 bits per heavy atom. The van der Waals surface area contributed by atoms with E-state index in [2.05, 4.69) is 17.5 Å². The molecule has 0 bridgehead atoms. The van der Waals surface area contributed by atoms with Gasteiger partial charge in [-0.25, -0.2) is 0 Å². The molecule has 0 saturated heterocycles. The molecule has 1 N–H and O–H groups in total. The summed E-state index contributed by atoms with van der Waals surface area (Å²) in [4.78, 5) is 0. The van der Waals surface area contributed by atoms with Crippen LogP contribution in [0, 0.1) is 0 Å². The first-order chi connectivity index (χ1) is 4.70. The summed E-state index contributed by atoms with van der Waals surface area (Å²) in [7, 11) is 0. The van der Waals surface area contributed by atoms with Gasteiger partial charge < -0.3 is 0 Å². The van der Waals surface area contributed by atoms with Crippen molar-refractivity contribution >= 4 is 19.0 Å². The zero-order chi connectivity index (χ0) is 7.56. The summed E-state index contributed by atoms with van der Waals surface area (Å²) in [5, 5.41) is 9.09. The van der Waals surface area contributed by atoms with Crippen LogP contribution in [0.1, 0.15) is 0 Å². The van der Waals surface area contributed by atoms with Crippen LogP contribution in [0.4, 0.5) is 0 Å². The Bertz CT molecular complexity index is 220. The minimum atomic E-state index is -0.777. The first-order valence-corrected chi connectivity index (χ1v) is 7.85. The average molecular weight is 198 g/mol. The topological polar surface area (TPSA) is 20.2 Å². The van der Waals surface area contributed by atoms with Gasteiger partial charge in [-0.1, -0.05) is 0 Å². The summed E-state index contributed by atoms with van der Waals surface area (Å²) >= 11 is -0.777. The average Bonchev–Trinajstić information content (AvgIpc) is 1.88. The molecule has 0 aliphatic heterocycles. The van der Waals surface area contributed by atoms with E-state index in [0.29, 0.717) is 5.75 Å². The minimum absolute atomic E-state index is 0.389. The molecule has 0 amide bonds. The van der Waals surface area contributed by atoms with Crippen molar-refractivity contribution in [1.29, 1.82) is 0 Å². The number of phenols is 1. The van der Waals surface area contributed by atoms with Crippen LogP contribution in [0.15, 0.2) is 24.3 Å². The zero-order valence-electron chi connectivity index (χ0n) is 6.20. The molecule has 0 fully saturated rings. The van der Waals surface area contributed by atoms with Crippen LogP contribution in [0.25, 0.3) is 0 Å². The summed E-state index contributed by atoms with van der Waals surface area (Å²) in [6.07, 6.45) is 0. The second-order valence-electron chi connectivity index (χ2n) is 2.41. The van der Waals surface area contributed by atoms with Crippen molar-refractivity contribution in [3.8, 4) is 5.75 Å². The van der Waals surface area contributed by atoms with Gasteiger partial charge in [0.1, 0.15) is 0 Å². The van der Waals surface area contributed by atoms with Crippen LogP contribution >= 0.6 is 0 Å². The van der Waals surface area contributed by atoms with Gasteiger partial charge in [0.05, 0.1) is 0 Å². The van der Waals surface area contributed by atoms with Crippen molar-refractivity contribution < 1.29 is 5.11 Å². The number of benzene rings is 1. The first kappa shape index (κ1) is 7.68. The quantitative estimate of drug-likeness (QED) is 0.675. The van der Waals surface area contributed by atoms with Gasteiger partial charge in [-0.3, -0.25) is 0 Å². The normalized spacial score (nSPS) is 10.3. The van der Waals surface area contributed by atoms with E-state index in [4.69, 9.17) is 5.11 Å². The standard InChI is InChI=1S/C8H11AsO/c1-9(2)7-4-3-5-8(10)6-7/h3-6,10H,1-2H3. The number of phenolic OH excluding ortho intramolecular Hbond substituents is 1. The number of hydrogen-bond acceptors (Lipinski definition) is 1. The van der Waals surface area contributed by atoms with Gasteiger partial charge in [0.15, 0.2) is 0 Å². The molecule has 0 spiro atoms.